The van der Waals surface area contributed by atoms with Crippen molar-refractivity contribution >= 4 is 23.4 Å². The first-order valence-electron chi connectivity index (χ1n) is 8.99. The van der Waals surface area contributed by atoms with Crippen LogP contribution >= 0.6 is 11.8 Å². The third-order valence-corrected chi connectivity index (χ3v) is 5.27. The molecule has 0 saturated carbocycles. The normalized spacial score (nSPS) is 11.0. The van der Waals surface area contributed by atoms with Crippen LogP contribution < -0.4 is 17.0 Å². The number of carbonyl (C=O) groups is 1. The van der Waals surface area contributed by atoms with Crippen molar-refractivity contribution in [3.63, 3.8) is 0 Å². The molecule has 0 spiro atoms. The van der Waals surface area contributed by atoms with Crippen LogP contribution in [0, 0.1) is 0 Å². The van der Waals surface area contributed by atoms with E-state index in [-0.39, 0.29) is 17.1 Å². The number of rotatable bonds is 8. The van der Waals surface area contributed by atoms with E-state index in [1.165, 1.54) is 11.6 Å². The summed E-state index contributed by atoms with van der Waals surface area (Å²) >= 11 is 1.11. The molecule has 3 aromatic rings. The van der Waals surface area contributed by atoms with Gasteiger partial charge in [0, 0.05) is 13.6 Å². The molecule has 2 N–H and O–H groups in total. The van der Waals surface area contributed by atoms with E-state index in [4.69, 9.17) is 5.73 Å². The fourth-order valence-corrected chi connectivity index (χ4v) is 3.59. The van der Waals surface area contributed by atoms with Crippen molar-refractivity contribution < 1.29 is 4.79 Å². The van der Waals surface area contributed by atoms with Crippen LogP contribution in [0.2, 0.25) is 0 Å². The van der Waals surface area contributed by atoms with E-state index in [1.54, 1.807) is 4.68 Å². The van der Waals surface area contributed by atoms with Crippen molar-refractivity contribution in [1.29, 1.82) is 0 Å². The lowest BCUT2D eigenvalue weighted by atomic mass is 10.2. The van der Waals surface area contributed by atoms with E-state index >= 15 is 0 Å². The fourth-order valence-electron chi connectivity index (χ4n) is 2.84. The molecule has 2 aromatic heterocycles. The third-order valence-electron chi connectivity index (χ3n) is 4.32. The van der Waals surface area contributed by atoms with Gasteiger partial charge in [-0.1, -0.05) is 49.0 Å². The third kappa shape index (κ3) is 4.29. The topological polar surface area (TPSA) is 131 Å². The van der Waals surface area contributed by atoms with Gasteiger partial charge in [0.25, 0.3) is 5.56 Å². The van der Waals surface area contributed by atoms with Crippen molar-refractivity contribution in [3.8, 4) is 0 Å². The molecule has 0 fully saturated rings. The minimum atomic E-state index is -0.700. The smallest absolute Gasteiger partial charge is 0.332 e. The van der Waals surface area contributed by atoms with Crippen molar-refractivity contribution in [2.45, 2.75) is 31.6 Å². The van der Waals surface area contributed by atoms with Gasteiger partial charge in [-0.05, 0) is 22.4 Å². The van der Waals surface area contributed by atoms with Gasteiger partial charge in [-0.25, -0.2) is 9.48 Å². The Morgan fingerprint density at radius 1 is 1.21 bits per heavy atom. The average Bonchev–Trinajstić information content (AvgIpc) is 3.16. The monoisotopic (exact) mass is 415 g/mol. The second kappa shape index (κ2) is 8.86. The first kappa shape index (κ1) is 20.5. The zero-order valence-electron chi connectivity index (χ0n) is 16.1. The summed E-state index contributed by atoms with van der Waals surface area (Å²) < 4.78 is 3.73. The molecular formula is C18H21N7O3S. The summed E-state index contributed by atoms with van der Waals surface area (Å²) in [5.74, 6) is -0.666. The van der Waals surface area contributed by atoms with E-state index in [0.717, 1.165) is 21.9 Å². The molecule has 0 saturated heterocycles. The van der Waals surface area contributed by atoms with Gasteiger partial charge in [-0.15, -0.1) is 5.10 Å². The summed E-state index contributed by atoms with van der Waals surface area (Å²) in [6, 6.07) is 9.64. The number of nitrogens with two attached hydrogens (primary N) is 1. The molecule has 152 valence electrons. The number of hydrogen-bond acceptors (Lipinski definition) is 8. The lowest BCUT2D eigenvalue weighted by molar-refractivity contribution is 0.102. The van der Waals surface area contributed by atoms with Crippen LogP contribution in [0.3, 0.4) is 0 Å². The van der Waals surface area contributed by atoms with Gasteiger partial charge < -0.3 is 5.73 Å². The molecule has 3 rings (SSSR count). The molecule has 0 atom stereocenters. The average molecular weight is 415 g/mol. The molecule has 2 heterocycles. The number of aromatic nitrogens is 6. The second-order valence-corrected chi connectivity index (χ2v) is 7.32. The first-order chi connectivity index (χ1) is 13.9. The standard InChI is InChI=1S/C18H21N7O3S/c1-3-9-24-15(19)14(16(27)23(2)18(24)28)13(26)11-29-17-20-21-22-25(17)10-12-7-5-4-6-8-12/h4-8H,3,9-11,19H2,1-2H3. The zero-order valence-corrected chi connectivity index (χ0v) is 16.9. The van der Waals surface area contributed by atoms with E-state index in [1.807, 2.05) is 37.3 Å². The summed E-state index contributed by atoms with van der Waals surface area (Å²) in [5.41, 5.74) is 5.59. The maximum absolute atomic E-state index is 12.8. The molecule has 0 aliphatic rings. The predicted molar refractivity (Wildman–Crippen MR) is 109 cm³/mol. The van der Waals surface area contributed by atoms with E-state index < -0.39 is 17.0 Å². The summed E-state index contributed by atoms with van der Waals surface area (Å²) in [5, 5.41) is 12.0. The lowest BCUT2D eigenvalue weighted by Gasteiger charge is -2.13. The number of hydrogen-bond donors (Lipinski definition) is 1. The van der Waals surface area contributed by atoms with Gasteiger partial charge in [0.2, 0.25) is 5.16 Å². The Bertz CT molecular complexity index is 1130. The summed E-state index contributed by atoms with van der Waals surface area (Å²) in [6.07, 6.45) is 0.638. The Morgan fingerprint density at radius 2 is 1.93 bits per heavy atom. The minimum absolute atomic E-state index is 0.0844. The Labute approximate surface area is 170 Å². The Morgan fingerprint density at radius 3 is 2.62 bits per heavy atom. The molecule has 1 aromatic carbocycles. The minimum Gasteiger partial charge on any atom is -0.384 e. The Kier molecular flexibility index (Phi) is 6.27. The van der Waals surface area contributed by atoms with Gasteiger partial charge in [0.1, 0.15) is 11.4 Å². The first-order valence-corrected chi connectivity index (χ1v) is 9.98. The molecule has 0 unspecified atom stereocenters. The largest absolute Gasteiger partial charge is 0.384 e. The van der Waals surface area contributed by atoms with Gasteiger partial charge in [-0.3, -0.25) is 18.7 Å². The maximum Gasteiger partial charge on any atom is 0.332 e. The molecule has 29 heavy (non-hydrogen) atoms. The highest BCUT2D eigenvalue weighted by atomic mass is 32.2. The lowest BCUT2D eigenvalue weighted by Crippen LogP contribution is -2.42. The summed E-state index contributed by atoms with van der Waals surface area (Å²) in [6.45, 7) is 2.65. The van der Waals surface area contributed by atoms with Crippen molar-refractivity contribution in [3.05, 3.63) is 62.3 Å². The molecule has 11 heteroatoms. The number of nitrogen functional groups attached to an aromatic ring is 1. The fraction of sp³-hybridized carbons (Fsp3) is 0.333. The molecule has 0 aliphatic heterocycles. The van der Waals surface area contributed by atoms with Crippen LogP contribution in [0.5, 0.6) is 0 Å². The highest BCUT2D eigenvalue weighted by Gasteiger charge is 2.22. The number of anilines is 1. The van der Waals surface area contributed by atoms with Crippen LogP contribution in [0.1, 0.15) is 29.3 Å². The van der Waals surface area contributed by atoms with Gasteiger partial charge in [0.15, 0.2) is 5.78 Å². The number of benzene rings is 1. The quantitative estimate of drug-likeness (QED) is 0.417. The number of Topliss-reactive ketones (excluding diaryl/α,β-unsaturated/α-hetero) is 1. The molecular weight excluding hydrogens is 394 g/mol. The molecule has 0 aliphatic carbocycles. The van der Waals surface area contributed by atoms with E-state index in [0.29, 0.717) is 24.7 Å². The zero-order chi connectivity index (χ0) is 21.0. The predicted octanol–water partition coefficient (Wildman–Crippen LogP) is 0.549. The van der Waals surface area contributed by atoms with Crippen molar-refractivity contribution in [2.24, 2.45) is 7.05 Å². The number of tetrazole rings is 1. The highest BCUT2D eigenvalue weighted by Crippen LogP contribution is 2.18. The second-order valence-electron chi connectivity index (χ2n) is 6.38. The van der Waals surface area contributed by atoms with Crippen molar-refractivity contribution in [2.75, 3.05) is 11.5 Å². The van der Waals surface area contributed by atoms with E-state index in [9.17, 15) is 14.4 Å². The molecule has 10 nitrogen and oxygen atoms in total. The summed E-state index contributed by atoms with van der Waals surface area (Å²) in [7, 11) is 1.33. The maximum atomic E-state index is 12.8. The highest BCUT2D eigenvalue weighted by molar-refractivity contribution is 7.99. The van der Waals surface area contributed by atoms with Crippen LogP contribution in [0.4, 0.5) is 5.82 Å². The van der Waals surface area contributed by atoms with Gasteiger partial charge in [0.05, 0.1) is 12.3 Å². The summed E-state index contributed by atoms with van der Waals surface area (Å²) in [4.78, 5) is 37.5. The van der Waals surface area contributed by atoms with Crippen LogP contribution in [-0.2, 0) is 20.1 Å². The number of thioether (sulfide) groups is 1. The SMILES string of the molecule is CCCn1c(N)c(C(=O)CSc2nnnn2Cc2ccccc2)c(=O)n(C)c1=O. The van der Waals surface area contributed by atoms with Crippen molar-refractivity contribution in [1.82, 2.24) is 29.3 Å². The van der Waals surface area contributed by atoms with E-state index in [2.05, 4.69) is 15.5 Å². The number of nitrogens with zero attached hydrogens (tertiary/aromatic N) is 6. The van der Waals surface area contributed by atoms with Gasteiger partial charge >= 0.3 is 5.69 Å². The molecule has 0 amide bonds. The van der Waals surface area contributed by atoms with Crippen LogP contribution in [0.15, 0.2) is 45.1 Å². The molecule has 0 radical (unpaired) electrons. The van der Waals surface area contributed by atoms with Crippen LogP contribution in [-0.4, -0.2) is 40.9 Å². The number of ketones is 1. The van der Waals surface area contributed by atoms with Gasteiger partial charge in [-0.2, -0.15) is 0 Å². The number of carbonyl (C=O) groups excluding carboxylic acids is 1. The Hall–Kier alpha value is -3.21. The molecule has 0 bridgehead atoms. The Balaban J connectivity index is 1.82. The van der Waals surface area contributed by atoms with Crippen LogP contribution in [0.25, 0.3) is 0 Å².